The highest BCUT2D eigenvalue weighted by molar-refractivity contribution is 6.27. The zero-order valence-electron chi connectivity index (χ0n) is 28.9. The van der Waals surface area contributed by atoms with Crippen LogP contribution >= 0.6 is 0 Å². The second-order valence-electron chi connectivity index (χ2n) is 12.8. The molecule has 4 heterocycles. The van der Waals surface area contributed by atoms with Gasteiger partial charge in [-0.2, -0.15) is 5.10 Å². The number of ether oxygens (including phenoxy) is 3. The fraction of sp³-hybridized carbons (Fsp3) is 0.378. The van der Waals surface area contributed by atoms with Crippen molar-refractivity contribution in [3.8, 4) is 5.75 Å². The summed E-state index contributed by atoms with van der Waals surface area (Å²) in [7, 11) is 0. The highest BCUT2D eigenvalue weighted by atomic mass is 19.1. The van der Waals surface area contributed by atoms with Gasteiger partial charge >= 0.3 is 6.03 Å². The van der Waals surface area contributed by atoms with Gasteiger partial charge in [0.15, 0.2) is 0 Å². The lowest BCUT2D eigenvalue weighted by Gasteiger charge is -2.38. The molecule has 272 valence electrons. The van der Waals surface area contributed by atoms with Crippen molar-refractivity contribution in [1.29, 1.82) is 0 Å². The van der Waals surface area contributed by atoms with Gasteiger partial charge in [-0.05, 0) is 74.0 Å². The fourth-order valence-corrected chi connectivity index (χ4v) is 6.90. The average molecular weight is 716 g/mol. The molecule has 7 rings (SSSR count). The van der Waals surface area contributed by atoms with Crippen molar-refractivity contribution >= 4 is 34.9 Å². The Morgan fingerprint density at radius 2 is 1.52 bits per heavy atom. The quantitative estimate of drug-likeness (QED) is 0.204. The van der Waals surface area contributed by atoms with E-state index in [1.165, 1.54) is 23.4 Å². The molecule has 0 bridgehead atoms. The minimum atomic E-state index is -1.53. The molecule has 0 N–H and O–H groups in total. The van der Waals surface area contributed by atoms with Crippen LogP contribution in [0.4, 0.5) is 30.6 Å². The highest BCUT2D eigenvalue weighted by Crippen LogP contribution is 2.38. The SMILES string of the molecule is CCC1C(=O)N(CC)C(=O)N(c2ccc(N3CCN(c4ccc(OC[C@@H]5CO[C@@](Cn6cncn6)(c6ccc(F)cc6F)O5)cc4)CC3)cc2)C1=O. The minimum absolute atomic E-state index is 0.0143. The number of barbiturate groups is 1. The van der Waals surface area contributed by atoms with Crippen LogP contribution in [0.3, 0.4) is 0 Å². The first-order valence-electron chi connectivity index (χ1n) is 17.3. The maximum Gasteiger partial charge on any atom is 0.338 e. The molecular weight excluding hydrogens is 676 g/mol. The molecule has 15 heteroatoms. The number of carbonyl (C=O) groups is 3. The number of anilines is 3. The van der Waals surface area contributed by atoms with Gasteiger partial charge in [0.2, 0.25) is 17.6 Å². The van der Waals surface area contributed by atoms with Crippen molar-refractivity contribution < 1.29 is 37.4 Å². The Labute approximate surface area is 299 Å². The molecule has 3 aliphatic heterocycles. The molecule has 0 aliphatic carbocycles. The lowest BCUT2D eigenvalue weighted by molar-refractivity contribution is -0.192. The van der Waals surface area contributed by atoms with Crippen molar-refractivity contribution in [2.45, 2.75) is 38.7 Å². The van der Waals surface area contributed by atoms with Crippen LogP contribution in [0.5, 0.6) is 5.75 Å². The van der Waals surface area contributed by atoms with Gasteiger partial charge in [0, 0.05) is 55.7 Å². The van der Waals surface area contributed by atoms with Crippen molar-refractivity contribution in [1.82, 2.24) is 19.7 Å². The lowest BCUT2D eigenvalue weighted by Crippen LogP contribution is -2.59. The van der Waals surface area contributed by atoms with Crippen LogP contribution < -0.4 is 19.4 Å². The summed E-state index contributed by atoms with van der Waals surface area (Å²) in [5, 5.41) is 4.10. The number of benzene rings is 3. The lowest BCUT2D eigenvalue weighted by atomic mass is 10.00. The molecule has 3 saturated heterocycles. The Balaban J connectivity index is 0.928. The second kappa shape index (κ2) is 14.7. The first kappa shape index (κ1) is 35.0. The number of hydrogen-bond donors (Lipinski definition) is 0. The number of imide groups is 2. The van der Waals surface area contributed by atoms with E-state index in [9.17, 15) is 23.2 Å². The minimum Gasteiger partial charge on any atom is -0.491 e. The Morgan fingerprint density at radius 3 is 2.12 bits per heavy atom. The molecule has 1 unspecified atom stereocenters. The highest BCUT2D eigenvalue weighted by Gasteiger charge is 2.47. The second-order valence-corrected chi connectivity index (χ2v) is 12.8. The first-order chi connectivity index (χ1) is 25.2. The number of hydrogen-bond acceptors (Lipinski definition) is 10. The normalized spacial score (nSPS) is 22.4. The van der Waals surface area contributed by atoms with Crippen LogP contribution in [0.2, 0.25) is 0 Å². The summed E-state index contributed by atoms with van der Waals surface area (Å²) < 4.78 is 48.3. The molecule has 52 heavy (non-hydrogen) atoms. The number of aromatic nitrogens is 3. The third kappa shape index (κ3) is 6.80. The molecule has 3 aliphatic rings. The van der Waals surface area contributed by atoms with Gasteiger partial charge in [0.05, 0.1) is 12.3 Å². The van der Waals surface area contributed by atoms with E-state index in [-0.39, 0.29) is 31.9 Å². The van der Waals surface area contributed by atoms with Crippen LogP contribution in [0.1, 0.15) is 25.8 Å². The molecule has 3 aromatic carbocycles. The van der Waals surface area contributed by atoms with E-state index in [0.717, 1.165) is 59.5 Å². The van der Waals surface area contributed by atoms with Gasteiger partial charge in [-0.1, -0.05) is 6.92 Å². The Hall–Kier alpha value is -5.41. The summed E-state index contributed by atoms with van der Waals surface area (Å²) in [4.78, 5) is 49.4. The van der Waals surface area contributed by atoms with E-state index in [1.807, 2.05) is 36.4 Å². The summed E-state index contributed by atoms with van der Waals surface area (Å²) in [5.74, 6) is -4.17. The number of carbonyl (C=O) groups excluding carboxylic acids is 3. The topological polar surface area (TPSA) is 123 Å². The van der Waals surface area contributed by atoms with E-state index >= 15 is 0 Å². The van der Waals surface area contributed by atoms with Crippen molar-refractivity contribution in [3.05, 3.63) is 96.6 Å². The van der Waals surface area contributed by atoms with Crippen LogP contribution in [-0.2, 0) is 31.4 Å². The molecule has 0 spiro atoms. The molecule has 3 atom stereocenters. The predicted molar refractivity (Wildman–Crippen MR) is 186 cm³/mol. The van der Waals surface area contributed by atoms with Crippen LogP contribution in [0, 0.1) is 17.6 Å². The monoisotopic (exact) mass is 715 g/mol. The number of halogens is 2. The molecule has 0 saturated carbocycles. The molecule has 13 nitrogen and oxygen atoms in total. The van der Waals surface area contributed by atoms with Gasteiger partial charge in [-0.25, -0.2) is 28.1 Å². The van der Waals surface area contributed by atoms with Gasteiger partial charge in [0.1, 0.15) is 55.2 Å². The third-order valence-corrected chi connectivity index (χ3v) is 9.66. The van der Waals surface area contributed by atoms with Crippen LogP contribution in [0.15, 0.2) is 79.4 Å². The van der Waals surface area contributed by atoms with Crippen LogP contribution in [-0.4, -0.2) is 89.6 Å². The molecule has 0 radical (unpaired) electrons. The van der Waals surface area contributed by atoms with Crippen LogP contribution in [0.25, 0.3) is 0 Å². The number of amides is 4. The Morgan fingerprint density at radius 1 is 0.865 bits per heavy atom. The summed E-state index contributed by atoms with van der Waals surface area (Å²) in [6, 6.07) is 17.7. The van der Waals surface area contributed by atoms with E-state index < -0.39 is 47.3 Å². The van der Waals surface area contributed by atoms with Crippen molar-refractivity contribution in [2.75, 3.05) is 60.6 Å². The largest absolute Gasteiger partial charge is 0.491 e. The zero-order chi connectivity index (χ0) is 36.4. The molecule has 4 amide bonds. The number of piperazine rings is 1. The third-order valence-electron chi connectivity index (χ3n) is 9.66. The summed E-state index contributed by atoms with van der Waals surface area (Å²) in [5.41, 5.74) is 2.53. The first-order valence-corrected chi connectivity index (χ1v) is 17.3. The summed E-state index contributed by atoms with van der Waals surface area (Å²) in [6.07, 6.45) is 2.62. The van der Waals surface area contributed by atoms with Gasteiger partial charge in [0.25, 0.3) is 0 Å². The van der Waals surface area contributed by atoms with E-state index in [4.69, 9.17) is 14.2 Å². The maximum atomic E-state index is 14.9. The van der Waals surface area contributed by atoms with E-state index in [1.54, 1.807) is 26.0 Å². The molecule has 4 aromatic rings. The van der Waals surface area contributed by atoms with Gasteiger partial charge in [-0.3, -0.25) is 14.5 Å². The van der Waals surface area contributed by atoms with E-state index in [0.29, 0.717) is 17.9 Å². The Bertz CT molecular complexity index is 1880. The molecule has 3 fully saturated rings. The average Bonchev–Trinajstić information content (AvgIpc) is 3.82. The van der Waals surface area contributed by atoms with Crippen molar-refractivity contribution in [2.24, 2.45) is 5.92 Å². The van der Waals surface area contributed by atoms with E-state index in [2.05, 4.69) is 19.9 Å². The Kier molecular flexibility index (Phi) is 9.88. The fourth-order valence-electron chi connectivity index (χ4n) is 6.90. The summed E-state index contributed by atoms with van der Waals surface area (Å²) >= 11 is 0. The molecular formula is C37H39F2N7O6. The zero-order valence-corrected chi connectivity index (χ0v) is 28.9. The van der Waals surface area contributed by atoms with Gasteiger partial charge in [-0.15, -0.1) is 0 Å². The standard InChI is InChI=1S/C37H39F2N7O6/c1-3-31-34(47)45(4-2)36(49)46(35(31)48)28-8-6-26(7-9-28)42-15-17-43(18-16-42)27-10-12-29(13-11-27)50-20-30-21-51-37(52-30,22-44-24-40-23-41-44)32-14-5-25(38)19-33(32)39/h5-14,19,23-24,30-31H,3-4,15-18,20-22H2,1-2H3/t30-,31?,37-/m1/s1. The van der Waals surface area contributed by atoms with Crippen molar-refractivity contribution in [3.63, 3.8) is 0 Å². The number of nitrogens with zero attached hydrogens (tertiary/aromatic N) is 7. The number of rotatable bonds is 11. The summed E-state index contributed by atoms with van der Waals surface area (Å²) in [6.45, 7) is 7.06. The maximum absolute atomic E-state index is 14.9. The molecule has 1 aromatic heterocycles. The smallest absolute Gasteiger partial charge is 0.338 e. The number of urea groups is 1. The predicted octanol–water partition coefficient (Wildman–Crippen LogP) is 4.57. The van der Waals surface area contributed by atoms with Gasteiger partial charge < -0.3 is 24.0 Å².